The molecular weight excluding hydrogens is 253 g/mol. The summed E-state index contributed by atoms with van der Waals surface area (Å²) >= 11 is 0. The van der Waals surface area contributed by atoms with Gasteiger partial charge in [-0.2, -0.15) is 0 Å². The molecule has 0 spiro atoms. The first-order chi connectivity index (χ1) is 3.46. The number of carboxylic acid groups (broad SMARTS) is 4. The number of rotatable bonds is 0. The van der Waals surface area contributed by atoms with Gasteiger partial charge in [0.15, 0.2) is 0 Å². The molecule has 0 aliphatic heterocycles. The molecule has 0 fully saturated rings. The van der Waals surface area contributed by atoms with Gasteiger partial charge in [-0.25, -0.2) is 9.59 Å². The van der Waals surface area contributed by atoms with Gasteiger partial charge >= 0.3 is 81.2 Å². The molecule has 0 radical (unpaired) electrons. The Kier molecular flexibility index (Phi) is 20.6. The first kappa shape index (κ1) is 16.3. The Bertz CT molecular complexity index is 73.7. The van der Waals surface area contributed by atoms with Crippen molar-refractivity contribution in [1.82, 2.24) is 0 Å². The van der Waals surface area contributed by atoms with Crippen LogP contribution in [0.15, 0.2) is 0 Å². The average molecular weight is 258 g/mol. The van der Waals surface area contributed by atoms with Crippen LogP contribution in [-0.4, -0.2) is 32.7 Å². The van der Waals surface area contributed by atoms with Crippen molar-refractivity contribution in [2.24, 2.45) is 0 Å². The van der Waals surface area contributed by atoms with Crippen molar-refractivity contribution in [3.63, 3.8) is 0 Å². The number of carbonyl (C=O) groups is 2. The molecule has 50 valence electrons. The summed E-state index contributed by atoms with van der Waals surface area (Å²) in [6.45, 7) is 0. The fourth-order valence-corrected chi connectivity index (χ4v) is 0. The molecule has 7 heteroatoms. The molecule has 0 aromatic rings. The maximum Gasteiger partial charge on any atom is 1.00 e. The monoisotopic (exact) mass is 258 g/mol. The SMILES string of the molecule is O=C(O)O.O=C(O)O.[Cs+].[H-]. The van der Waals surface area contributed by atoms with Gasteiger partial charge in [0.2, 0.25) is 0 Å². The Balaban J connectivity index is -0.0000000300. The van der Waals surface area contributed by atoms with Crippen LogP contribution in [-0.2, 0) is 0 Å². The van der Waals surface area contributed by atoms with Crippen LogP contribution < -0.4 is 68.9 Å². The molecule has 0 saturated carbocycles. The summed E-state index contributed by atoms with van der Waals surface area (Å²) in [6.07, 6.45) is -3.67. The van der Waals surface area contributed by atoms with E-state index < -0.39 is 12.3 Å². The predicted octanol–water partition coefficient (Wildman–Crippen LogP) is -2.44. The van der Waals surface area contributed by atoms with E-state index >= 15 is 0 Å². The standard InChI is InChI=1S/2CH2O3.Cs.H/c2*2-1(3)4;;/h2*(H2,2,3,4);;/q;;+1;-1. The van der Waals surface area contributed by atoms with E-state index in [9.17, 15) is 0 Å². The van der Waals surface area contributed by atoms with Crippen LogP contribution in [0.2, 0.25) is 0 Å². The van der Waals surface area contributed by atoms with Crippen LogP contribution in [0.25, 0.3) is 0 Å². The molecule has 0 unspecified atom stereocenters. The maximum absolute atomic E-state index is 8.56. The van der Waals surface area contributed by atoms with Gasteiger partial charge in [0, 0.05) is 0 Å². The zero-order chi connectivity index (χ0) is 7.15. The molecule has 0 aliphatic carbocycles. The minimum atomic E-state index is -1.83. The van der Waals surface area contributed by atoms with Crippen molar-refractivity contribution < 1.29 is 100 Å². The summed E-state index contributed by atoms with van der Waals surface area (Å²) in [6, 6.07) is 0. The maximum atomic E-state index is 8.56. The summed E-state index contributed by atoms with van der Waals surface area (Å²) in [5.74, 6) is 0. The van der Waals surface area contributed by atoms with Gasteiger partial charge in [0.1, 0.15) is 0 Å². The third-order valence-electron chi connectivity index (χ3n) is 0. The van der Waals surface area contributed by atoms with Crippen molar-refractivity contribution in [3.05, 3.63) is 0 Å². The van der Waals surface area contributed by atoms with Gasteiger partial charge < -0.3 is 21.9 Å². The minimum absolute atomic E-state index is 0. The first-order valence-electron chi connectivity index (χ1n) is 1.30. The molecular formula is C2H5CsO6. The molecule has 0 bridgehead atoms. The predicted molar refractivity (Wildman–Crippen MR) is 22.4 cm³/mol. The van der Waals surface area contributed by atoms with Gasteiger partial charge in [0.05, 0.1) is 0 Å². The van der Waals surface area contributed by atoms with E-state index in [2.05, 4.69) is 0 Å². The number of hydrogen-bond donors (Lipinski definition) is 4. The second-order valence-corrected chi connectivity index (χ2v) is 0.565. The van der Waals surface area contributed by atoms with Crippen LogP contribution in [0.1, 0.15) is 1.43 Å². The summed E-state index contributed by atoms with van der Waals surface area (Å²) < 4.78 is 0. The zero-order valence-electron chi connectivity index (χ0n) is 5.61. The second kappa shape index (κ2) is 11.4. The van der Waals surface area contributed by atoms with Crippen molar-refractivity contribution >= 4 is 12.3 Å². The van der Waals surface area contributed by atoms with Gasteiger partial charge in [-0.1, -0.05) is 0 Å². The largest absolute Gasteiger partial charge is 1.00 e. The Morgan fingerprint density at radius 1 is 0.889 bits per heavy atom. The van der Waals surface area contributed by atoms with Gasteiger partial charge in [-0.3, -0.25) is 0 Å². The van der Waals surface area contributed by atoms with Gasteiger partial charge in [-0.05, 0) is 0 Å². The molecule has 0 aromatic heterocycles. The first-order valence-corrected chi connectivity index (χ1v) is 1.30. The molecule has 4 N–H and O–H groups in total. The summed E-state index contributed by atoms with van der Waals surface area (Å²) in [4.78, 5) is 17.1. The molecule has 0 atom stereocenters. The van der Waals surface area contributed by atoms with Crippen molar-refractivity contribution in [2.75, 3.05) is 0 Å². The van der Waals surface area contributed by atoms with Crippen LogP contribution in [0.5, 0.6) is 0 Å². The molecule has 6 nitrogen and oxygen atoms in total. The second-order valence-electron chi connectivity index (χ2n) is 0.565. The smallest absolute Gasteiger partial charge is 1.00 e. The quantitative estimate of drug-likeness (QED) is 0.383. The Labute approximate surface area is 110 Å². The Morgan fingerprint density at radius 2 is 0.889 bits per heavy atom. The molecule has 0 aliphatic rings. The zero-order valence-corrected chi connectivity index (χ0v) is 10.9. The minimum Gasteiger partial charge on any atom is -1.00 e. The van der Waals surface area contributed by atoms with E-state index in [4.69, 9.17) is 30.0 Å². The van der Waals surface area contributed by atoms with E-state index in [-0.39, 0.29) is 70.3 Å². The van der Waals surface area contributed by atoms with E-state index in [1.54, 1.807) is 0 Å². The summed E-state index contributed by atoms with van der Waals surface area (Å²) in [5.41, 5.74) is 0. The molecule has 0 rings (SSSR count). The third-order valence-corrected chi connectivity index (χ3v) is 0. The molecule has 0 aromatic carbocycles. The molecule has 9 heavy (non-hydrogen) atoms. The molecule has 0 amide bonds. The molecule has 0 saturated heterocycles. The average Bonchev–Trinajstić information content (AvgIpc) is 1.25. The van der Waals surface area contributed by atoms with Crippen molar-refractivity contribution in [2.45, 2.75) is 0 Å². The Hall–Kier alpha value is 0.592. The van der Waals surface area contributed by atoms with Crippen LogP contribution in [0, 0.1) is 0 Å². The summed E-state index contributed by atoms with van der Waals surface area (Å²) in [5, 5.41) is 27.9. The van der Waals surface area contributed by atoms with Crippen molar-refractivity contribution in [3.8, 4) is 0 Å². The normalized spacial score (nSPS) is 5.33. The van der Waals surface area contributed by atoms with Crippen molar-refractivity contribution in [1.29, 1.82) is 0 Å². The third kappa shape index (κ3) is 1070. The van der Waals surface area contributed by atoms with E-state index in [1.807, 2.05) is 0 Å². The van der Waals surface area contributed by atoms with Gasteiger partial charge in [0.25, 0.3) is 0 Å². The fraction of sp³-hybridized carbons (Fsp3) is 0. The topological polar surface area (TPSA) is 115 Å². The molecule has 0 heterocycles. The summed E-state index contributed by atoms with van der Waals surface area (Å²) in [7, 11) is 0. The van der Waals surface area contributed by atoms with Crippen LogP contribution in [0.3, 0.4) is 0 Å². The number of hydrogen-bond acceptors (Lipinski definition) is 2. The van der Waals surface area contributed by atoms with E-state index in [0.29, 0.717) is 0 Å². The van der Waals surface area contributed by atoms with Crippen LogP contribution >= 0.6 is 0 Å². The van der Waals surface area contributed by atoms with Gasteiger partial charge in [-0.15, -0.1) is 0 Å². The van der Waals surface area contributed by atoms with E-state index in [1.165, 1.54) is 0 Å². The van der Waals surface area contributed by atoms with Crippen LogP contribution in [0.4, 0.5) is 9.59 Å². The van der Waals surface area contributed by atoms with E-state index in [0.717, 1.165) is 0 Å². The Morgan fingerprint density at radius 3 is 0.889 bits per heavy atom. The fourth-order valence-electron chi connectivity index (χ4n) is 0.